The molecule has 2 N–H and O–H groups in total. The molecule has 0 saturated heterocycles. The largest absolute Gasteiger partial charge is 0.355 e. The van der Waals surface area contributed by atoms with E-state index >= 15 is 0 Å². The lowest BCUT2D eigenvalue weighted by Crippen LogP contribution is -2.39. The standard InChI is InChI=1S/C21H29FN4S/c1-16(27-19-8-6-5-7-9-19)13-24-21(23-2)25-14-17-10-11-20(22)18(12-17)15-26(3)4/h5-12,16H,13-15H2,1-4H3,(H2,23,24,25). The highest BCUT2D eigenvalue weighted by Gasteiger charge is 2.08. The molecule has 0 radical (unpaired) electrons. The number of halogens is 1. The average Bonchev–Trinajstić information content (AvgIpc) is 2.64. The number of rotatable bonds is 8. The Bertz CT molecular complexity index is 734. The highest BCUT2D eigenvalue weighted by Crippen LogP contribution is 2.21. The van der Waals surface area contributed by atoms with Gasteiger partial charge in [-0.15, -0.1) is 11.8 Å². The number of nitrogens with one attached hydrogen (secondary N) is 2. The molecule has 0 aromatic heterocycles. The summed E-state index contributed by atoms with van der Waals surface area (Å²) in [5.74, 6) is 0.579. The van der Waals surface area contributed by atoms with Crippen molar-refractivity contribution < 1.29 is 4.39 Å². The number of aliphatic imine (C=N–C) groups is 1. The smallest absolute Gasteiger partial charge is 0.191 e. The maximum Gasteiger partial charge on any atom is 0.191 e. The summed E-state index contributed by atoms with van der Waals surface area (Å²) in [5.41, 5.74) is 1.73. The van der Waals surface area contributed by atoms with E-state index < -0.39 is 0 Å². The van der Waals surface area contributed by atoms with E-state index in [-0.39, 0.29) is 5.82 Å². The molecule has 0 aliphatic carbocycles. The Morgan fingerprint density at radius 1 is 1.15 bits per heavy atom. The minimum absolute atomic E-state index is 0.165. The SMILES string of the molecule is CN=C(NCc1ccc(F)c(CN(C)C)c1)NCC(C)Sc1ccccc1. The lowest BCUT2D eigenvalue weighted by atomic mass is 10.1. The van der Waals surface area contributed by atoms with Gasteiger partial charge in [0, 0.05) is 42.4 Å². The third-order valence-corrected chi connectivity index (χ3v) is 5.03. The molecule has 1 atom stereocenters. The molecule has 0 bridgehead atoms. The van der Waals surface area contributed by atoms with E-state index in [9.17, 15) is 4.39 Å². The highest BCUT2D eigenvalue weighted by molar-refractivity contribution is 8.00. The number of guanidine groups is 1. The fourth-order valence-corrected chi connectivity index (χ4v) is 3.57. The monoisotopic (exact) mass is 388 g/mol. The van der Waals surface area contributed by atoms with E-state index in [2.05, 4.69) is 46.8 Å². The Balaban J connectivity index is 1.83. The average molecular weight is 389 g/mol. The Kier molecular flexibility index (Phi) is 8.61. The van der Waals surface area contributed by atoms with Crippen LogP contribution < -0.4 is 10.6 Å². The molecular formula is C21H29FN4S. The summed E-state index contributed by atoms with van der Waals surface area (Å²) in [7, 11) is 5.63. The highest BCUT2D eigenvalue weighted by atomic mass is 32.2. The van der Waals surface area contributed by atoms with Crippen LogP contribution >= 0.6 is 11.8 Å². The van der Waals surface area contributed by atoms with Crippen molar-refractivity contribution in [2.24, 2.45) is 4.99 Å². The van der Waals surface area contributed by atoms with Crippen molar-refractivity contribution in [1.82, 2.24) is 15.5 Å². The first-order chi connectivity index (χ1) is 13.0. The van der Waals surface area contributed by atoms with Gasteiger partial charge in [0.25, 0.3) is 0 Å². The minimum Gasteiger partial charge on any atom is -0.355 e. The van der Waals surface area contributed by atoms with Crippen molar-refractivity contribution in [3.8, 4) is 0 Å². The van der Waals surface area contributed by atoms with Crippen molar-refractivity contribution in [2.45, 2.75) is 30.2 Å². The molecule has 0 spiro atoms. The van der Waals surface area contributed by atoms with Gasteiger partial charge in [0.1, 0.15) is 5.82 Å². The van der Waals surface area contributed by atoms with E-state index in [0.717, 1.165) is 18.1 Å². The summed E-state index contributed by atoms with van der Waals surface area (Å²) in [6.07, 6.45) is 0. The molecule has 0 aliphatic rings. The molecule has 146 valence electrons. The number of benzene rings is 2. The Morgan fingerprint density at radius 3 is 2.56 bits per heavy atom. The maximum atomic E-state index is 13.9. The molecule has 0 amide bonds. The minimum atomic E-state index is -0.165. The van der Waals surface area contributed by atoms with E-state index in [1.807, 2.05) is 49.0 Å². The van der Waals surface area contributed by atoms with Gasteiger partial charge in [0.2, 0.25) is 0 Å². The summed E-state index contributed by atoms with van der Waals surface area (Å²) in [6, 6.07) is 15.6. The van der Waals surface area contributed by atoms with Crippen LogP contribution in [0.15, 0.2) is 58.4 Å². The molecule has 0 aliphatic heterocycles. The van der Waals surface area contributed by atoms with Gasteiger partial charge >= 0.3 is 0 Å². The molecule has 0 fully saturated rings. The van der Waals surface area contributed by atoms with Crippen LogP contribution in [-0.4, -0.2) is 43.8 Å². The second-order valence-electron chi connectivity index (χ2n) is 6.71. The lowest BCUT2D eigenvalue weighted by Gasteiger charge is -2.16. The first kappa shape index (κ1) is 21.3. The second-order valence-corrected chi connectivity index (χ2v) is 8.22. The normalized spacial score (nSPS) is 12.9. The quantitative estimate of drug-likeness (QED) is 0.411. The van der Waals surface area contributed by atoms with Crippen LogP contribution in [0.1, 0.15) is 18.1 Å². The van der Waals surface area contributed by atoms with Crippen molar-refractivity contribution in [2.75, 3.05) is 27.7 Å². The van der Waals surface area contributed by atoms with Gasteiger partial charge in [-0.25, -0.2) is 4.39 Å². The molecular weight excluding hydrogens is 359 g/mol. The van der Waals surface area contributed by atoms with Gasteiger partial charge in [0.05, 0.1) is 0 Å². The number of hydrogen-bond donors (Lipinski definition) is 2. The molecule has 1 unspecified atom stereocenters. The molecule has 2 rings (SSSR count). The zero-order chi connectivity index (χ0) is 19.6. The zero-order valence-electron chi connectivity index (χ0n) is 16.5. The van der Waals surface area contributed by atoms with Gasteiger partial charge in [-0.05, 0) is 43.9 Å². The molecule has 6 heteroatoms. The van der Waals surface area contributed by atoms with Crippen molar-refractivity contribution in [1.29, 1.82) is 0 Å². The van der Waals surface area contributed by atoms with Crippen molar-refractivity contribution in [3.05, 3.63) is 65.5 Å². The third kappa shape index (κ3) is 7.61. The lowest BCUT2D eigenvalue weighted by molar-refractivity contribution is 0.392. The van der Waals surface area contributed by atoms with E-state index in [1.54, 1.807) is 7.05 Å². The summed E-state index contributed by atoms with van der Waals surface area (Å²) >= 11 is 1.83. The molecule has 4 nitrogen and oxygen atoms in total. The summed E-state index contributed by atoms with van der Waals surface area (Å²) in [5, 5.41) is 7.06. The van der Waals surface area contributed by atoms with Crippen LogP contribution in [0, 0.1) is 5.82 Å². The molecule has 2 aromatic rings. The predicted octanol–water partition coefficient (Wildman–Crippen LogP) is 3.73. The Morgan fingerprint density at radius 2 is 1.89 bits per heavy atom. The van der Waals surface area contributed by atoms with Crippen LogP contribution in [-0.2, 0) is 13.1 Å². The number of nitrogens with zero attached hydrogens (tertiary/aromatic N) is 2. The van der Waals surface area contributed by atoms with Crippen LogP contribution in [0.4, 0.5) is 4.39 Å². The predicted molar refractivity (Wildman–Crippen MR) is 114 cm³/mol. The van der Waals surface area contributed by atoms with Crippen molar-refractivity contribution in [3.63, 3.8) is 0 Å². The van der Waals surface area contributed by atoms with Gasteiger partial charge in [0.15, 0.2) is 5.96 Å². The fraction of sp³-hybridized carbons (Fsp3) is 0.381. The van der Waals surface area contributed by atoms with E-state index in [4.69, 9.17) is 0 Å². The van der Waals surface area contributed by atoms with E-state index in [1.165, 1.54) is 11.0 Å². The summed E-state index contributed by atoms with van der Waals surface area (Å²) in [4.78, 5) is 7.49. The first-order valence-electron chi connectivity index (χ1n) is 9.06. The fourth-order valence-electron chi connectivity index (χ4n) is 2.62. The maximum absolute atomic E-state index is 13.9. The summed E-state index contributed by atoms with van der Waals surface area (Å²) < 4.78 is 13.9. The molecule has 0 saturated carbocycles. The zero-order valence-corrected chi connectivity index (χ0v) is 17.3. The van der Waals surface area contributed by atoms with Gasteiger partial charge in [-0.2, -0.15) is 0 Å². The van der Waals surface area contributed by atoms with Crippen molar-refractivity contribution >= 4 is 17.7 Å². The first-order valence-corrected chi connectivity index (χ1v) is 9.94. The Hall–Kier alpha value is -2.05. The number of thioether (sulfide) groups is 1. The molecule has 27 heavy (non-hydrogen) atoms. The molecule has 0 heterocycles. The van der Waals surface area contributed by atoms with Crippen LogP contribution in [0.5, 0.6) is 0 Å². The van der Waals surface area contributed by atoms with Crippen LogP contribution in [0.2, 0.25) is 0 Å². The van der Waals surface area contributed by atoms with Gasteiger partial charge < -0.3 is 15.5 Å². The van der Waals surface area contributed by atoms with Crippen LogP contribution in [0.3, 0.4) is 0 Å². The topological polar surface area (TPSA) is 39.7 Å². The number of hydrogen-bond acceptors (Lipinski definition) is 3. The van der Waals surface area contributed by atoms with Gasteiger partial charge in [-0.3, -0.25) is 4.99 Å². The van der Waals surface area contributed by atoms with Crippen LogP contribution in [0.25, 0.3) is 0 Å². The molecule has 2 aromatic carbocycles. The Labute approximate surface area is 166 Å². The van der Waals surface area contributed by atoms with E-state index in [0.29, 0.717) is 23.9 Å². The second kappa shape index (κ2) is 10.9. The van der Waals surface area contributed by atoms with Gasteiger partial charge in [-0.1, -0.05) is 31.2 Å². The third-order valence-electron chi connectivity index (χ3n) is 3.92. The summed E-state index contributed by atoms with van der Waals surface area (Å²) in [6.45, 7) is 4.17.